The molecule has 1 N–H and O–H groups in total. The Kier molecular flexibility index (Phi) is 8.44. The number of pyridine rings is 1. The molecule has 0 saturated carbocycles. The van der Waals surface area contributed by atoms with Crippen molar-refractivity contribution in [2.75, 3.05) is 0 Å². The first-order chi connectivity index (χ1) is 23.6. The van der Waals surface area contributed by atoms with Crippen molar-refractivity contribution < 1.29 is 9.84 Å². The SMILES string of the molecule is Cc1cc(OCc2ccc(-c3ccccc3C3(C(c4ccccc4)(c4ccccc4)c4ccccc4)N=NN=N3)cc2)c(CO)c(C)n1. The molecule has 48 heavy (non-hydrogen) atoms. The summed E-state index contributed by atoms with van der Waals surface area (Å²) in [6.07, 6.45) is 0. The lowest BCUT2D eigenvalue weighted by molar-refractivity contribution is 0.257. The zero-order valence-corrected chi connectivity index (χ0v) is 26.9. The van der Waals surface area contributed by atoms with Gasteiger partial charge in [-0.05, 0) is 57.7 Å². The molecule has 0 radical (unpaired) electrons. The number of aliphatic hydroxyl groups is 1. The van der Waals surface area contributed by atoms with E-state index in [1.54, 1.807) is 0 Å². The Labute approximate surface area is 280 Å². The predicted molar refractivity (Wildman–Crippen MR) is 186 cm³/mol. The van der Waals surface area contributed by atoms with E-state index in [0.29, 0.717) is 17.9 Å². The molecule has 0 aliphatic carbocycles. The maximum Gasteiger partial charge on any atom is 0.238 e. The summed E-state index contributed by atoms with van der Waals surface area (Å²) in [6, 6.07) is 49.6. The monoisotopic (exact) mass is 629 g/mol. The lowest BCUT2D eigenvalue weighted by Gasteiger charge is -2.45. The summed E-state index contributed by atoms with van der Waals surface area (Å²) in [5.74, 6) is 0.648. The Morgan fingerprint density at radius 2 is 1.17 bits per heavy atom. The summed E-state index contributed by atoms with van der Waals surface area (Å²) in [7, 11) is 0. The van der Waals surface area contributed by atoms with Gasteiger partial charge in [0.2, 0.25) is 5.66 Å². The minimum absolute atomic E-state index is 0.128. The minimum Gasteiger partial charge on any atom is -0.488 e. The van der Waals surface area contributed by atoms with Crippen LogP contribution in [0.1, 0.15) is 44.8 Å². The number of hydrogen-bond donors (Lipinski definition) is 1. The van der Waals surface area contributed by atoms with E-state index in [9.17, 15) is 5.11 Å². The molecule has 2 heterocycles. The second kappa shape index (κ2) is 13.1. The van der Waals surface area contributed by atoms with Gasteiger partial charge in [0.25, 0.3) is 0 Å². The quantitative estimate of drug-likeness (QED) is 0.153. The number of hydrogen-bond acceptors (Lipinski definition) is 7. The van der Waals surface area contributed by atoms with E-state index in [0.717, 1.165) is 50.3 Å². The molecule has 1 aliphatic heterocycles. The molecule has 0 saturated heterocycles. The topological polar surface area (TPSA) is 91.8 Å². The van der Waals surface area contributed by atoms with Crippen molar-refractivity contribution in [3.63, 3.8) is 0 Å². The normalized spacial score (nSPS) is 13.5. The second-order valence-electron chi connectivity index (χ2n) is 11.9. The van der Waals surface area contributed by atoms with E-state index < -0.39 is 11.1 Å². The van der Waals surface area contributed by atoms with E-state index in [2.05, 4.69) is 125 Å². The van der Waals surface area contributed by atoms with E-state index in [4.69, 9.17) is 15.0 Å². The maximum absolute atomic E-state index is 9.91. The Morgan fingerprint density at radius 3 is 1.71 bits per heavy atom. The van der Waals surface area contributed by atoms with Gasteiger partial charge in [-0.15, -0.1) is 10.2 Å². The molecule has 1 aliphatic rings. The fourth-order valence-corrected chi connectivity index (χ4v) is 6.94. The third kappa shape index (κ3) is 5.28. The number of aryl methyl sites for hydroxylation is 2. The standard InChI is InChI=1S/C41H35N5O2/c1-29-26-39(37(27-47)30(2)42-29)48-28-31-22-24-32(25-23-31)36-20-12-13-21-38(36)41(43-45-46-44-41)40(33-14-6-3-7-15-33,34-16-8-4-9-17-34)35-18-10-5-11-19-35/h3-26,47H,27-28H2,1-2H3. The molecule has 0 bridgehead atoms. The highest BCUT2D eigenvalue weighted by atomic mass is 16.5. The Hall–Kier alpha value is -5.79. The van der Waals surface area contributed by atoms with Crippen LogP contribution in [0.25, 0.3) is 11.1 Å². The third-order valence-electron chi connectivity index (χ3n) is 9.10. The molecule has 7 nitrogen and oxygen atoms in total. The predicted octanol–water partition coefficient (Wildman–Crippen LogP) is 9.46. The van der Waals surface area contributed by atoms with Crippen LogP contribution in [0.2, 0.25) is 0 Å². The van der Waals surface area contributed by atoms with Crippen LogP contribution in [0.3, 0.4) is 0 Å². The summed E-state index contributed by atoms with van der Waals surface area (Å²) < 4.78 is 6.18. The second-order valence-corrected chi connectivity index (χ2v) is 11.9. The molecule has 5 aromatic carbocycles. The van der Waals surface area contributed by atoms with Crippen LogP contribution in [-0.4, -0.2) is 10.1 Å². The summed E-state index contributed by atoms with van der Waals surface area (Å²) in [5.41, 5.74) is 7.04. The molecule has 0 fully saturated rings. The van der Waals surface area contributed by atoms with Crippen LogP contribution in [0.5, 0.6) is 5.75 Å². The van der Waals surface area contributed by atoms with Gasteiger partial charge < -0.3 is 9.84 Å². The van der Waals surface area contributed by atoms with E-state index in [1.807, 2.05) is 50.2 Å². The van der Waals surface area contributed by atoms with Gasteiger partial charge in [-0.25, -0.2) is 0 Å². The van der Waals surface area contributed by atoms with Gasteiger partial charge in [0.15, 0.2) is 0 Å². The minimum atomic E-state index is -1.27. The van der Waals surface area contributed by atoms with E-state index in [1.165, 1.54) is 0 Å². The molecule has 7 rings (SSSR count). The highest BCUT2D eigenvalue weighted by Gasteiger charge is 2.60. The average molecular weight is 630 g/mol. The lowest BCUT2D eigenvalue weighted by Crippen LogP contribution is -2.48. The molecular formula is C41H35N5O2. The maximum atomic E-state index is 9.91. The van der Waals surface area contributed by atoms with E-state index in [-0.39, 0.29) is 6.61 Å². The molecule has 0 unspecified atom stereocenters. The van der Waals surface area contributed by atoms with Crippen LogP contribution < -0.4 is 4.74 Å². The fraction of sp³-hybridized carbons (Fsp3) is 0.146. The van der Waals surface area contributed by atoms with Gasteiger partial charge in [-0.1, -0.05) is 140 Å². The van der Waals surface area contributed by atoms with Gasteiger partial charge in [0, 0.05) is 28.6 Å². The van der Waals surface area contributed by atoms with Crippen molar-refractivity contribution in [2.24, 2.45) is 20.7 Å². The molecule has 6 aromatic rings. The van der Waals surface area contributed by atoms with Crippen molar-refractivity contribution in [2.45, 2.75) is 38.1 Å². The Bertz CT molecular complexity index is 1970. The van der Waals surface area contributed by atoms with Gasteiger partial charge in [-0.2, -0.15) is 0 Å². The molecule has 1 aromatic heterocycles. The number of ether oxygens (including phenoxy) is 1. The van der Waals surface area contributed by atoms with Gasteiger partial charge in [0.05, 0.1) is 12.0 Å². The van der Waals surface area contributed by atoms with Crippen LogP contribution in [0.4, 0.5) is 0 Å². The van der Waals surface area contributed by atoms with Gasteiger partial charge in [0.1, 0.15) is 12.4 Å². The number of rotatable bonds is 10. The van der Waals surface area contributed by atoms with Crippen LogP contribution in [-0.2, 0) is 24.3 Å². The lowest BCUT2D eigenvalue weighted by atomic mass is 9.59. The zero-order valence-electron chi connectivity index (χ0n) is 26.9. The Balaban J connectivity index is 1.36. The van der Waals surface area contributed by atoms with E-state index >= 15 is 0 Å². The Morgan fingerprint density at radius 1 is 0.646 bits per heavy atom. The number of nitrogens with zero attached hydrogens (tertiary/aromatic N) is 5. The molecule has 0 atom stereocenters. The van der Waals surface area contributed by atoms with Crippen molar-refractivity contribution in [3.05, 3.63) is 190 Å². The largest absolute Gasteiger partial charge is 0.488 e. The van der Waals surface area contributed by atoms with Crippen LogP contribution in [0.15, 0.2) is 166 Å². The average Bonchev–Trinajstić information content (AvgIpc) is 3.64. The smallest absolute Gasteiger partial charge is 0.238 e. The number of benzene rings is 5. The summed E-state index contributed by atoms with van der Waals surface area (Å²) in [5, 5.41) is 28.3. The summed E-state index contributed by atoms with van der Waals surface area (Å²) in [4.78, 5) is 4.46. The van der Waals surface area contributed by atoms with Crippen molar-refractivity contribution in [1.29, 1.82) is 0 Å². The first-order valence-electron chi connectivity index (χ1n) is 16.0. The molecule has 0 amide bonds. The highest BCUT2D eigenvalue weighted by Crippen LogP contribution is 2.58. The number of aromatic nitrogens is 1. The third-order valence-corrected chi connectivity index (χ3v) is 9.10. The molecule has 7 heteroatoms. The van der Waals surface area contributed by atoms with Crippen molar-refractivity contribution >= 4 is 0 Å². The number of aliphatic hydroxyl groups excluding tert-OH is 1. The molecule has 236 valence electrons. The van der Waals surface area contributed by atoms with Crippen molar-refractivity contribution in [1.82, 2.24) is 4.98 Å². The first kappa shape index (κ1) is 30.8. The molecule has 0 spiro atoms. The molecular weight excluding hydrogens is 594 g/mol. The first-order valence-corrected chi connectivity index (χ1v) is 16.0. The summed E-state index contributed by atoms with van der Waals surface area (Å²) in [6.45, 7) is 4.03. The van der Waals surface area contributed by atoms with Crippen LogP contribution in [0, 0.1) is 13.8 Å². The fourth-order valence-electron chi connectivity index (χ4n) is 6.94. The highest BCUT2D eigenvalue weighted by molar-refractivity contribution is 5.72. The zero-order chi connectivity index (χ0) is 33.0. The summed E-state index contributed by atoms with van der Waals surface area (Å²) >= 11 is 0. The van der Waals surface area contributed by atoms with Crippen molar-refractivity contribution in [3.8, 4) is 16.9 Å². The van der Waals surface area contributed by atoms with Crippen LogP contribution >= 0.6 is 0 Å². The van der Waals surface area contributed by atoms with Gasteiger partial charge >= 0.3 is 0 Å². The van der Waals surface area contributed by atoms with Gasteiger partial charge in [-0.3, -0.25) is 4.98 Å².